The Kier molecular flexibility index (Phi) is 3.69. The van der Waals surface area contributed by atoms with Crippen molar-refractivity contribution in [1.29, 1.82) is 0 Å². The summed E-state index contributed by atoms with van der Waals surface area (Å²) in [5.74, 6) is -0.583. The minimum absolute atomic E-state index is 0.0322. The zero-order valence-corrected chi connectivity index (χ0v) is 13.1. The molecule has 4 N–H and O–H groups in total. The van der Waals surface area contributed by atoms with Crippen LogP contribution in [0.4, 0.5) is 0 Å². The standard InChI is InChI=1S/C17H16N2O5/c1-19-12(9-3-4-13(20)17(5-9)24-2)7-11(18-19)10-6-15(22)16(23)8-14(10)21/h3-8,20-23H,1-2H3. The number of phenols is 4. The Morgan fingerprint density at radius 1 is 0.875 bits per heavy atom. The van der Waals surface area contributed by atoms with Crippen molar-refractivity contribution < 1.29 is 25.2 Å². The summed E-state index contributed by atoms with van der Waals surface area (Å²) in [6, 6.07) is 8.93. The Labute approximate surface area is 137 Å². The van der Waals surface area contributed by atoms with Crippen LogP contribution in [0.1, 0.15) is 0 Å². The first-order valence-corrected chi connectivity index (χ1v) is 7.07. The highest BCUT2D eigenvalue weighted by molar-refractivity contribution is 5.75. The van der Waals surface area contributed by atoms with E-state index in [1.807, 2.05) is 0 Å². The lowest BCUT2D eigenvalue weighted by Crippen LogP contribution is -1.94. The number of nitrogens with zero attached hydrogens (tertiary/aromatic N) is 2. The summed E-state index contributed by atoms with van der Waals surface area (Å²) in [5.41, 5.74) is 2.19. The number of aryl methyl sites for hydroxylation is 1. The Balaban J connectivity index is 2.10. The molecule has 0 spiro atoms. The van der Waals surface area contributed by atoms with Crippen LogP contribution in [0, 0.1) is 0 Å². The molecule has 7 nitrogen and oxygen atoms in total. The summed E-state index contributed by atoms with van der Waals surface area (Å²) in [5, 5.41) is 43.1. The molecular formula is C17H16N2O5. The zero-order valence-electron chi connectivity index (χ0n) is 13.1. The van der Waals surface area contributed by atoms with E-state index < -0.39 is 5.75 Å². The Bertz CT molecular complexity index is 918. The summed E-state index contributed by atoms with van der Waals surface area (Å²) in [7, 11) is 3.19. The number of rotatable bonds is 3. The molecule has 3 rings (SSSR count). The second-order valence-corrected chi connectivity index (χ2v) is 5.28. The quantitative estimate of drug-likeness (QED) is 0.435. The third kappa shape index (κ3) is 2.56. The molecule has 0 atom stereocenters. The average Bonchev–Trinajstić information content (AvgIpc) is 2.93. The van der Waals surface area contributed by atoms with E-state index in [9.17, 15) is 20.4 Å². The van der Waals surface area contributed by atoms with E-state index >= 15 is 0 Å². The fourth-order valence-electron chi connectivity index (χ4n) is 2.48. The molecule has 0 amide bonds. The monoisotopic (exact) mass is 328 g/mol. The predicted octanol–water partition coefficient (Wildman–Crippen LogP) is 2.59. The molecule has 0 aliphatic rings. The van der Waals surface area contributed by atoms with Gasteiger partial charge in [0.2, 0.25) is 0 Å². The van der Waals surface area contributed by atoms with Gasteiger partial charge in [0, 0.05) is 24.2 Å². The number of aromatic nitrogens is 2. The molecule has 24 heavy (non-hydrogen) atoms. The fourth-order valence-corrected chi connectivity index (χ4v) is 2.48. The van der Waals surface area contributed by atoms with Crippen LogP contribution in [0.2, 0.25) is 0 Å². The van der Waals surface area contributed by atoms with Gasteiger partial charge in [0.05, 0.1) is 18.5 Å². The zero-order chi connectivity index (χ0) is 17.4. The fraction of sp³-hybridized carbons (Fsp3) is 0.118. The predicted molar refractivity (Wildman–Crippen MR) is 87.3 cm³/mol. The molecule has 1 aromatic heterocycles. The van der Waals surface area contributed by atoms with Crippen molar-refractivity contribution in [2.75, 3.05) is 7.11 Å². The average molecular weight is 328 g/mol. The van der Waals surface area contributed by atoms with Gasteiger partial charge < -0.3 is 25.2 Å². The highest BCUT2D eigenvalue weighted by atomic mass is 16.5. The van der Waals surface area contributed by atoms with E-state index in [1.165, 1.54) is 19.2 Å². The first kappa shape index (κ1) is 15.5. The van der Waals surface area contributed by atoms with E-state index in [0.29, 0.717) is 11.4 Å². The van der Waals surface area contributed by atoms with Gasteiger partial charge in [-0.15, -0.1) is 0 Å². The lowest BCUT2D eigenvalue weighted by Gasteiger charge is -2.06. The van der Waals surface area contributed by atoms with Gasteiger partial charge in [-0.2, -0.15) is 5.10 Å². The van der Waals surface area contributed by atoms with Crippen LogP contribution >= 0.6 is 0 Å². The molecule has 0 unspecified atom stereocenters. The van der Waals surface area contributed by atoms with Gasteiger partial charge in [0.25, 0.3) is 0 Å². The molecule has 0 radical (unpaired) electrons. The van der Waals surface area contributed by atoms with E-state index in [0.717, 1.165) is 17.3 Å². The lowest BCUT2D eigenvalue weighted by atomic mass is 10.1. The summed E-state index contributed by atoms with van der Waals surface area (Å²) < 4.78 is 6.71. The Morgan fingerprint density at radius 2 is 1.58 bits per heavy atom. The molecule has 0 saturated carbocycles. The summed E-state index contributed by atoms with van der Waals surface area (Å²) >= 11 is 0. The minimum atomic E-state index is -0.407. The normalized spacial score (nSPS) is 10.8. The number of hydrogen-bond acceptors (Lipinski definition) is 6. The van der Waals surface area contributed by atoms with E-state index in [-0.39, 0.29) is 22.8 Å². The van der Waals surface area contributed by atoms with Crippen molar-refractivity contribution >= 4 is 0 Å². The van der Waals surface area contributed by atoms with Gasteiger partial charge in [0.1, 0.15) is 5.75 Å². The summed E-state index contributed by atoms with van der Waals surface area (Å²) in [6.45, 7) is 0. The number of ether oxygens (including phenoxy) is 1. The first-order valence-electron chi connectivity index (χ1n) is 7.07. The SMILES string of the molecule is COc1cc(-c2cc(-c3cc(O)c(O)cc3O)nn2C)ccc1O. The molecular weight excluding hydrogens is 312 g/mol. The second kappa shape index (κ2) is 5.69. The number of hydrogen-bond donors (Lipinski definition) is 4. The van der Waals surface area contributed by atoms with Crippen LogP contribution in [0.5, 0.6) is 28.7 Å². The highest BCUT2D eigenvalue weighted by Crippen LogP contribution is 2.39. The van der Waals surface area contributed by atoms with Crippen molar-refractivity contribution in [3.63, 3.8) is 0 Å². The molecule has 1 heterocycles. The maximum Gasteiger partial charge on any atom is 0.161 e. The number of phenolic OH excluding ortho intramolecular Hbond substituents is 4. The Hall–Kier alpha value is -3.35. The maximum atomic E-state index is 9.99. The molecule has 0 bridgehead atoms. The number of methoxy groups -OCH3 is 1. The minimum Gasteiger partial charge on any atom is -0.507 e. The summed E-state index contributed by atoms with van der Waals surface area (Å²) in [6.07, 6.45) is 0. The van der Waals surface area contributed by atoms with Crippen molar-refractivity contribution in [3.8, 4) is 51.3 Å². The van der Waals surface area contributed by atoms with Crippen molar-refractivity contribution in [1.82, 2.24) is 9.78 Å². The van der Waals surface area contributed by atoms with E-state index in [4.69, 9.17) is 4.74 Å². The molecule has 0 fully saturated rings. The highest BCUT2D eigenvalue weighted by Gasteiger charge is 2.16. The topological polar surface area (TPSA) is 108 Å². The van der Waals surface area contributed by atoms with Gasteiger partial charge >= 0.3 is 0 Å². The second-order valence-electron chi connectivity index (χ2n) is 5.28. The van der Waals surface area contributed by atoms with Crippen molar-refractivity contribution in [3.05, 3.63) is 36.4 Å². The smallest absolute Gasteiger partial charge is 0.161 e. The van der Waals surface area contributed by atoms with Crippen LogP contribution in [0.25, 0.3) is 22.5 Å². The third-order valence-corrected chi connectivity index (χ3v) is 3.72. The third-order valence-electron chi connectivity index (χ3n) is 3.72. The van der Waals surface area contributed by atoms with Gasteiger partial charge in [-0.25, -0.2) is 0 Å². The van der Waals surface area contributed by atoms with Crippen LogP contribution in [-0.2, 0) is 7.05 Å². The lowest BCUT2D eigenvalue weighted by molar-refractivity contribution is 0.373. The molecule has 3 aromatic rings. The van der Waals surface area contributed by atoms with Crippen molar-refractivity contribution in [2.24, 2.45) is 7.05 Å². The summed E-state index contributed by atoms with van der Waals surface area (Å²) in [4.78, 5) is 0. The van der Waals surface area contributed by atoms with Crippen LogP contribution in [0.3, 0.4) is 0 Å². The molecule has 0 aliphatic heterocycles. The Morgan fingerprint density at radius 3 is 2.29 bits per heavy atom. The van der Waals surface area contributed by atoms with E-state index in [2.05, 4.69) is 5.10 Å². The van der Waals surface area contributed by atoms with Crippen LogP contribution in [-0.4, -0.2) is 37.3 Å². The van der Waals surface area contributed by atoms with Crippen molar-refractivity contribution in [2.45, 2.75) is 0 Å². The largest absolute Gasteiger partial charge is 0.507 e. The molecule has 7 heteroatoms. The van der Waals surface area contributed by atoms with Gasteiger partial charge in [-0.1, -0.05) is 0 Å². The maximum absolute atomic E-state index is 9.99. The molecule has 0 saturated heterocycles. The van der Waals surface area contributed by atoms with Gasteiger partial charge in [-0.05, 0) is 30.3 Å². The first-order chi connectivity index (χ1) is 11.4. The molecule has 124 valence electrons. The van der Waals surface area contributed by atoms with E-state index in [1.54, 1.807) is 29.9 Å². The number of aromatic hydroxyl groups is 4. The number of benzene rings is 2. The van der Waals surface area contributed by atoms with Gasteiger partial charge in [0.15, 0.2) is 23.0 Å². The van der Waals surface area contributed by atoms with Crippen LogP contribution < -0.4 is 4.74 Å². The molecule has 2 aromatic carbocycles. The van der Waals surface area contributed by atoms with Gasteiger partial charge in [-0.3, -0.25) is 4.68 Å². The molecule has 0 aliphatic carbocycles. The van der Waals surface area contributed by atoms with Crippen LogP contribution in [0.15, 0.2) is 36.4 Å².